The van der Waals surface area contributed by atoms with Gasteiger partial charge in [-0.3, -0.25) is 4.79 Å². The Bertz CT molecular complexity index is 704. The van der Waals surface area contributed by atoms with Gasteiger partial charge in [-0.1, -0.05) is 23.7 Å². The van der Waals surface area contributed by atoms with Gasteiger partial charge in [0.25, 0.3) is 0 Å². The minimum atomic E-state index is 0.0420. The van der Waals surface area contributed by atoms with Gasteiger partial charge in [0.15, 0.2) is 0 Å². The largest absolute Gasteiger partial charge is 0.381 e. The number of aromatic nitrogens is 1. The van der Waals surface area contributed by atoms with E-state index in [0.717, 1.165) is 35.3 Å². The SMILES string of the molecule is O=C(C1CCOC1)N1CCc2[nH]c3c(Cl)cccc3c2C1. The maximum Gasteiger partial charge on any atom is 0.228 e. The quantitative estimate of drug-likeness (QED) is 0.880. The summed E-state index contributed by atoms with van der Waals surface area (Å²) in [6.07, 6.45) is 1.71. The zero-order chi connectivity index (χ0) is 14.4. The molecule has 1 fully saturated rings. The Kier molecular flexibility index (Phi) is 3.16. The molecule has 4 nitrogen and oxygen atoms in total. The lowest BCUT2D eigenvalue weighted by Crippen LogP contribution is -2.39. The van der Waals surface area contributed by atoms with Gasteiger partial charge in [-0.15, -0.1) is 0 Å². The van der Waals surface area contributed by atoms with Gasteiger partial charge in [-0.05, 0) is 12.5 Å². The summed E-state index contributed by atoms with van der Waals surface area (Å²) in [5.41, 5.74) is 3.42. The fraction of sp³-hybridized carbons (Fsp3) is 0.438. The highest BCUT2D eigenvalue weighted by Crippen LogP contribution is 2.32. The van der Waals surface area contributed by atoms with Crippen LogP contribution in [0.5, 0.6) is 0 Å². The van der Waals surface area contributed by atoms with Crippen molar-refractivity contribution in [2.45, 2.75) is 19.4 Å². The van der Waals surface area contributed by atoms with Crippen LogP contribution in [0.3, 0.4) is 0 Å². The first kappa shape index (κ1) is 13.2. The average Bonchev–Trinajstić information content (AvgIpc) is 3.14. The molecule has 1 N–H and O–H groups in total. The fourth-order valence-corrected chi connectivity index (χ4v) is 3.60. The first-order chi connectivity index (χ1) is 10.2. The molecule has 1 unspecified atom stereocenters. The molecule has 2 aliphatic heterocycles. The molecule has 21 heavy (non-hydrogen) atoms. The molecule has 0 aliphatic carbocycles. The van der Waals surface area contributed by atoms with Crippen LogP contribution in [0.1, 0.15) is 17.7 Å². The molecule has 2 aliphatic rings. The summed E-state index contributed by atoms with van der Waals surface area (Å²) in [5.74, 6) is 0.273. The van der Waals surface area contributed by atoms with Crippen molar-refractivity contribution in [1.82, 2.24) is 9.88 Å². The molecule has 110 valence electrons. The Morgan fingerprint density at radius 3 is 3.14 bits per heavy atom. The lowest BCUT2D eigenvalue weighted by molar-refractivity contribution is -0.136. The first-order valence-electron chi connectivity index (χ1n) is 7.38. The Hall–Kier alpha value is -1.52. The molecule has 1 atom stereocenters. The van der Waals surface area contributed by atoms with E-state index in [1.165, 1.54) is 11.3 Å². The molecule has 5 heteroatoms. The Labute approximate surface area is 128 Å². The van der Waals surface area contributed by atoms with Crippen LogP contribution in [0, 0.1) is 5.92 Å². The molecule has 2 aromatic rings. The molecule has 1 saturated heterocycles. The van der Waals surface area contributed by atoms with Crippen LogP contribution in [0.15, 0.2) is 18.2 Å². The van der Waals surface area contributed by atoms with Gasteiger partial charge in [-0.25, -0.2) is 0 Å². The van der Waals surface area contributed by atoms with E-state index in [1.54, 1.807) is 0 Å². The van der Waals surface area contributed by atoms with E-state index in [9.17, 15) is 4.79 Å². The molecule has 0 saturated carbocycles. The number of para-hydroxylation sites is 1. The van der Waals surface area contributed by atoms with Crippen LogP contribution < -0.4 is 0 Å². The molecule has 1 aromatic heterocycles. The highest BCUT2D eigenvalue weighted by Gasteiger charge is 2.31. The first-order valence-corrected chi connectivity index (χ1v) is 7.76. The number of nitrogens with zero attached hydrogens (tertiary/aromatic N) is 1. The highest BCUT2D eigenvalue weighted by atomic mass is 35.5. The number of benzene rings is 1. The summed E-state index contributed by atoms with van der Waals surface area (Å²) in [6.45, 7) is 2.72. The average molecular weight is 305 g/mol. The number of hydrogen-bond acceptors (Lipinski definition) is 2. The smallest absolute Gasteiger partial charge is 0.228 e. The van der Waals surface area contributed by atoms with E-state index in [4.69, 9.17) is 16.3 Å². The number of carbonyl (C=O) groups excluding carboxylic acids is 1. The monoisotopic (exact) mass is 304 g/mol. The lowest BCUT2D eigenvalue weighted by atomic mass is 10.0. The van der Waals surface area contributed by atoms with Crippen molar-refractivity contribution in [2.75, 3.05) is 19.8 Å². The number of ether oxygens (including phenoxy) is 1. The predicted octanol–water partition coefficient (Wildman–Crippen LogP) is 2.74. The molecule has 0 bridgehead atoms. The number of hydrogen-bond donors (Lipinski definition) is 1. The van der Waals surface area contributed by atoms with Gasteiger partial charge in [0, 0.05) is 42.8 Å². The summed E-state index contributed by atoms with van der Waals surface area (Å²) in [5, 5.41) is 1.88. The minimum absolute atomic E-state index is 0.0420. The van der Waals surface area contributed by atoms with Crippen LogP contribution in [0.25, 0.3) is 10.9 Å². The van der Waals surface area contributed by atoms with Crippen molar-refractivity contribution in [3.63, 3.8) is 0 Å². The van der Waals surface area contributed by atoms with Crippen LogP contribution in [0.4, 0.5) is 0 Å². The van der Waals surface area contributed by atoms with Gasteiger partial charge in [0.1, 0.15) is 0 Å². The van der Waals surface area contributed by atoms with Crippen LogP contribution in [-0.2, 0) is 22.5 Å². The van der Waals surface area contributed by atoms with Crippen LogP contribution in [0.2, 0.25) is 5.02 Å². The van der Waals surface area contributed by atoms with Crippen LogP contribution >= 0.6 is 11.6 Å². The maximum absolute atomic E-state index is 12.5. The summed E-state index contributed by atoms with van der Waals surface area (Å²) in [4.78, 5) is 17.9. The second kappa shape index (κ2) is 5.04. The van der Waals surface area contributed by atoms with E-state index in [2.05, 4.69) is 11.1 Å². The third kappa shape index (κ3) is 2.14. The molecule has 4 rings (SSSR count). The Morgan fingerprint density at radius 1 is 1.43 bits per heavy atom. The molecular formula is C16H17ClN2O2. The summed E-state index contributed by atoms with van der Waals surface area (Å²) in [6, 6.07) is 5.93. The summed E-state index contributed by atoms with van der Waals surface area (Å²) in [7, 11) is 0. The molecular weight excluding hydrogens is 288 g/mol. The van der Waals surface area contributed by atoms with Crippen molar-refractivity contribution < 1.29 is 9.53 Å². The van der Waals surface area contributed by atoms with Crippen molar-refractivity contribution in [1.29, 1.82) is 0 Å². The van der Waals surface area contributed by atoms with Crippen LogP contribution in [-0.4, -0.2) is 35.5 Å². The van der Waals surface area contributed by atoms with Crippen molar-refractivity contribution >= 4 is 28.4 Å². The van der Waals surface area contributed by atoms with E-state index >= 15 is 0 Å². The zero-order valence-electron chi connectivity index (χ0n) is 11.7. The van der Waals surface area contributed by atoms with Crippen molar-refractivity contribution in [3.05, 3.63) is 34.5 Å². The number of halogens is 1. The Balaban J connectivity index is 1.66. The fourth-order valence-electron chi connectivity index (χ4n) is 3.38. The maximum atomic E-state index is 12.5. The number of H-pyrrole nitrogens is 1. The summed E-state index contributed by atoms with van der Waals surface area (Å²) >= 11 is 6.25. The molecule has 0 radical (unpaired) electrons. The van der Waals surface area contributed by atoms with Gasteiger partial charge < -0.3 is 14.6 Å². The second-order valence-corrected chi connectivity index (χ2v) is 6.22. The molecule has 1 amide bonds. The highest BCUT2D eigenvalue weighted by molar-refractivity contribution is 6.35. The van der Waals surface area contributed by atoms with Gasteiger partial charge in [0.2, 0.25) is 5.91 Å². The predicted molar refractivity (Wildman–Crippen MR) is 81.4 cm³/mol. The zero-order valence-corrected chi connectivity index (χ0v) is 12.4. The number of carbonyl (C=O) groups is 1. The van der Waals surface area contributed by atoms with Crippen molar-refractivity contribution in [2.24, 2.45) is 5.92 Å². The summed E-state index contributed by atoms with van der Waals surface area (Å²) < 4.78 is 5.34. The molecule has 3 heterocycles. The van der Waals surface area contributed by atoms with E-state index in [1.807, 2.05) is 17.0 Å². The van der Waals surface area contributed by atoms with Gasteiger partial charge in [0.05, 0.1) is 23.1 Å². The third-order valence-electron chi connectivity index (χ3n) is 4.55. The molecule has 1 aromatic carbocycles. The van der Waals surface area contributed by atoms with Gasteiger partial charge in [-0.2, -0.15) is 0 Å². The number of aromatic amines is 1. The standard InChI is InChI=1S/C16H17ClN2O2/c17-13-3-1-2-11-12-8-19(6-4-14(12)18-15(11)13)16(20)10-5-7-21-9-10/h1-3,10,18H,4-9H2. The third-order valence-corrected chi connectivity index (χ3v) is 4.87. The van der Waals surface area contributed by atoms with E-state index in [0.29, 0.717) is 19.8 Å². The topological polar surface area (TPSA) is 45.3 Å². The minimum Gasteiger partial charge on any atom is -0.381 e. The van der Waals surface area contributed by atoms with Crippen molar-refractivity contribution in [3.8, 4) is 0 Å². The number of nitrogens with one attached hydrogen (secondary N) is 1. The lowest BCUT2D eigenvalue weighted by Gasteiger charge is -2.29. The van der Waals surface area contributed by atoms with E-state index < -0.39 is 0 Å². The van der Waals surface area contributed by atoms with Gasteiger partial charge >= 0.3 is 0 Å². The second-order valence-electron chi connectivity index (χ2n) is 5.81. The number of rotatable bonds is 1. The Morgan fingerprint density at radius 2 is 2.33 bits per heavy atom. The molecule has 0 spiro atoms. The normalized spacial score (nSPS) is 21.8. The number of amides is 1. The number of fused-ring (bicyclic) bond motifs is 3. The van der Waals surface area contributed by atoms with E-state index in [-0.39, 0.29) is 11.8 Å².